The lowest BCUT2D eigenvalue weighted by Gasteiger charge is -2.24. The molecule has 90 valence electrons. The third-order valence-electron chi connectivity index (χ3n) is 1.86. The molecule has 1 rings (SSSR count). The average molecular weight is 237 g/mol. The van der Waals surface area contributed by atoms with Crippen LogP contribution in [0.4, 0.5) is 17.6 Å². The number of alkyl halides is 3. The maximum Gasteiger partial charge on any atom is 0.426 e. The molecule has 2 N–H and O–H groups in total. The van der Waals surface area contributed by atoms with Crippen molar-refractivity contribution in [3.05, 3.63) is 30.1 Å². The second-order valence-electron chi connectivity index (χ2n) is 3.40. The summed E-state index contributed by atoms with van der Waals surface area (Å²) in [5, 5.41) is 0. The van der Waals surface area contributed by atoms with Gasteiger partial charge in [0.05, 0.1) is 0 Å². The maximum absolute atomic E-state index is 12.7. The van der Waals surface area contributed by atoms with Gasteiger partial charge in [0.15, 0.2) is 0 Å². The summed E-state index contributed by atoms with van der Waals surface area (Å²) >= 11 is 0. The van der Waals surface area contributed by atoms with Crippen LogP contribution in [0.15, 0.2) is 24.3 Å². The number of ether oxygens (including phenoxy) is 1. The summed E-state index contributed by atoms with van der Waals surface area (Å²) in [6.07, 6.45) is -6.73. The number of rotatable bonds is 3. The summed E-state index contributed by atoms with van der Waals surface area (Å²) < 4.78 is 54.7. The predicted octanol–water partition coefficient (Wildman–Crippen LogP) is 2.48. The van der Waals surface area contributed by atoms with E-state index < -0.39 is 24.1 Å². The van der Waals surface area contributed by atoms with Crippen LogP contribution in [0.5, 0.6) is 5.75 Å². The Morgan fingerprint density at radius 3 is 2.38 bits per heavy atom. The normalized spacial score (nSPS) is 15.6. The minimum atomic E-state index is -4.58. The van der Waals surface area contributed by atoms with Crippen molar-refractivity contribution >= 4 is 0 Å². The summed E-state index contributed by atoms with van der Waals surface area (Å²) in [5.41, 5.74) is 5.17. The summed E-state index contributed by atoms with van der Waals surface area (Å²) in [6, 6.07) is 3.26. The van der Waals surface area contributed by atoms with Gasteiger partial charge in [-0.3, -0.25) is 0 Å². The number of hydrogen-bond acceptors (Lipinski definition) is 2. The van der Waals surface area contributed by atoms with Crippen LogP contribution in [0.1, 0.15) is 6.92 Å². The van der Waals surface area contributed by atoms with Crippen LogP contribution in [0, 0.1) is 5.82 Å². The van der Waals surface area contributed by atoms with Crippen molar-refractivity contribution in [3.63, 3.8) is 0 Å². The molecule has 0 saturated carbocycles. The molecule has 0 radical (unpaired) electrons. The molecular weight excluding hydrogens is 226 g/mol. The molecule has 0 saturated heterocycles. The van der Waals surface area contributed by atoms with E-state index in [0.717, 1.165) is 12.1 Å². The Hall–Kier alpha value is -1.30. The molecule has 2 nitrogen and oxygen atoms in total. The lowest BCUT2D eigenvalue weighted by molar-refractivity contribution is -0.199. The molecule has 0 aliphatic rings. The van der Waals surface area contributed by atoms with E-state index in [2.05, 4.69) is 4.74 Å². The minimum Gasteiger partial charge on any atom is -0.479 e. The molecule has 2 unspecified atom stereocenters. The molecule has 0 aromatic heterocycles. The molecule has 16 heavy (non-hydrogen) atoms. The van der Waals surface area contributed by atoms with Gasteiger partial charge in [-0.2, -0.15) is 13.2 Å². The Balaban J connectivity index is 2.84. The van der Waals surface area contributed by atoms with E-state index in [1.54, 1.807) is 0 Å². The van der Waals surface area contributed by atoms with Crippen molar-refractivity contribution in [1.29, 1.82) is 0 Å². The van der Waals surface area contributed by atoms with Gasteiger partial charge < -0.3 is 10.5 Å². The van der Waals surface area contributed by atoms with Crippen molar-refractivity contribution in [2.45, 2.75) is 25.2 Å². The Morgan fingerprint density at radius 2 is 1.94 bits per heavy atom. The highest BCUT2D eigenvalue weighted by Gasteiger charge is 2.44. The first kappa shape index (κ1) is 12.8. The van der Waals surface area contributed by atoms with Gasteiger partial charge in [-0.05, 0) is 19.1 Å². The number of nitrogens with two attached hydrogens (primary N) is 1. The topological polar surface area (TPSA) is 35.2 Å². The molecule has 1 aromatic rings. The Labute approximate surface area is 90.0 Å². The van der Waals surface area contributed by atoms with Gasteiger partial charge in [-0.15, -0.1) is 0 Å². The third kappa shape index (κ3) is 3.37. The predicted molar refractivity (Wildman–Crippen MR) is 50.5 cm³/mol. The molecule has 0 amide bonds. The van der Waals surface area contributed by atoms with Gasteiger partial charge in [-0.1, -0.05) is 6.07 Å². The molecule has 0 fully saturated rings. The highest BCUT2D eigenvalue weighted by atomic mass is 19.4. The zero-order valence-corrected chi connectivity index (χ0v) is 8.46. The average Bonchev–Trinajstić information content (AvgIpc) is 2.12. The van der Waals surface area contributed by atoms with Crippen LogP contribution >= 0.6 is 0 Å². The van der Waals surface area contributed by atoms with Gasteiger partial charge in [0.25, 0.3) is 0 Å². The third-order valence-corrected chi connectivity index (χ3v) is 1.86. The van der Waals surface area contributed by atoms with E-state index >= 15 is 0 Å². The Bertz CT molecular complexity index is 351. The van der Waals surface area contributed by atoms with Crippen molar-refractivity contribution in [3.8, 4) is 5.75 Å². The van der Waals surface area contributed by atoms with Crippen LogP contribution in [-0.2, 0) is 0 Å². The summed E-state index contributed by atoms with van der Waals surface area (Å²) in [6.45, 7) is 1.18. The Kier molecular flexibility index (Phi) is 3.74. The second kappa shape index (κ2) is 4.69. The molecule has 0 spiro atoms. The molecule has 6 heteroatoms. The largest absolute Gasteiger partial charge is 0.479 e. The number of hydrogen-bond donors (Lipinski definition) is 1. The van der Waals surface area contributed by atoms with Crippen LogP contribution in [0.25, 0.3) is 0 Å². The SMILES string of the molecule is CC(N)C(Oc1cccc(F)c1)C(F)(F)F. The molecular formula is C10H11F4NO. The van der Waals surface area contributed by atoms with Crippen molar-refractivity contribution in [2.75, 3.05) is 0 Å². The molecule has 0 aliphatic carbocycles. The monoisotopic (exact) mass is 237 g/mol. The molecule has 0 bridgehead atoms. The smallest absolute Gasteiger partial charge is 0.426 e. The lowest BCUT2D eigenvalue weighted by atomic mass is 10.2. The Morgan fingerprint density at radius 1 is 1.31 bits per heavy atom. The molecule has 0 aliphatic heterocycles. The maximum atomic E-state index is 12.7. The van der Waals surface area contributed by atoms with E-state index in [1.807, 2.05) is 0 Å². The van der Waals surface area contributed by atoms with Gasteiger partial charge in [0.2, 0.25) is 6.10 Å². The minimum absolute atomic E-state index is 0.195. The van der Waals surface area contributed by atoms with Crippen LogP contribution in [0.2, 0.25) is 0 Å². The van der Waals surface area contributed by atoms with Crippen LogP contribution in [0.3, 0.4) is 0 Å². The number of benzene rings is 1. The molecule has 2 atom stereocenters. The van der Waals surface area contributed by atoms with Crippen molar-refractivity contribution in [1.82, 2.24) is 0 Å². The molecule has 1 aromatic carbocycles. The van der Waals surface area contributed by atoms with E-state index in [0.29, 0.717) is 0 Å². The van der Waals surface area contributed by atoms with Gasteiger partial charge in [0, 0.05) is 12.1 Å². The van der Waals surface area contributed by atoms with Gasteiger partial charge in [-0.25, -0.2) is 4.39 Å². The standard InChI is InChI=1S/C10H11F4NO/c1-6(15)9(10(12,13)14)16-8-4-2-3-7(11)5-8/h2-6,9H,15H2,1H3. The highest BCUT2D eigenvalue weighted by molar-refractivity contribution is 5.23. The molecule has 0 heterocycles. The highest BCUT2D eigenvalue weighted by Crippen LogP contribution is 2.27. The second-order valence-corrected chi connectivity index (χ2v) is 3.40. The van der Waals surface area contributed by atoms with E-state index in [4.69, 9.17) is 5.73 Å². The van der Waals surface area contributed by atoms with Crippen molar-refractivity contribution in [2.24, 2.45) is 5.73 Å². The zero-order chi connectivity index (χ0) is 12.3. The summed E-state index contributed by atoms with van der Waals surface area (Å²) in [4.78, 5) is 0. The first-order valence-corrected chi connectivity index (χ1v) is 4.55. The summed E-state index contributed by atoms with van der Waals surface area (Å²) in [7, 11) is 0. The summed E-state index contributed by atoms with van der Waals surface area (Å²) in [5.74, 6) is -0.859. The fraction of sp³-hybridized carbons (Fsp3) is 0.400. The first-order valence-electron chi connectivity index (χ1n) is 4.55. The van der Waals surface area contributed by atoms with E-state index in [9.17, 15) is 17.6 Å². The first-order chi connectivity index (χ1) is 7.30. The van der Waals surface area contributed by atoms with Crippen molar-refractivity contribution < 1.29 is 22.3 Å². The van der Waals surface area contributed by atoms with Crippen LogP contribution in [-0.4, -0.2) is 18.3 Å². The number of halogens is 4. The lowest BCUT2D eigenvalue weighted by Crippen LogP contribution is -2.47. The fourth-order valence-corrected chi connectivity index (χ4v) is 1.16. The van der Waals surface area contributed by atoms with E-state index in [-0.39, 0.29) is 5.75 Å². The van der Waals surface area contributed by atoms with Gasteiger partial charge >= 0.3 is 6.18 Å². The van der Waals surface area contributed by atoms with E-state index in [1.165, 1.54) is 19.1 Å². The quantitative estimate of drug-likeness (QED) is 0.819. The zero-order valence-electron chi connectivity index (χ0n) is 8.46. The van der Waals surface area contributed by atoms with Gasteiger partial charge in [0.1, 0.15) is 11.6 Å². The van der Waals surface area contributed by atoms with Crippen LogP contribution < -0.4 is 10.5 Å². The fourth-order valence-electron chi connectivity index (χ4n) is 1.16.